The Labute approximate surface area is 112 Å². The maximum atomic E-state index is 9.22. The molecule has 0 aliphatic carbocycles. The number of benzene rings is 1. The Morgan fingerprint density at radius 1 is 1.37 bits per heavy atom. The lowest BCUT2D eigenvalue weighted by molar-refractivity contribution is 0.847. The summed E-state index contributed by atoms with van der Waals surface area (Å²) in [5.41, 5.74) is 8.35. The third-order valence-electron chi connectivity index (χ3n) is 2.80. The number of aromatic nitrogens is 2. The molecule has 1 aromatic heterocycles. The highest BCUT2D eigenvalue weighted by molar-refractivity contribution is 5.66. The van der Waals surface area contributed by atoms with E-state index in [1.165, 1.54) is 0 Å². The van der Waals surface area contributed by atoms with Crippen LogP contribution in [0.4, 0.5) is 11.6 Å². The van der Waals surface area contributed by atoms with Crippen molar-refractivity contribution < 1.29 is 0 Å². The third-order valence-corrected chi connectivity index (χ3v) is 2.80. The minimum Gasteiger partial charge on any atom is -0.382 e. The van der Waals surface area contributed by atoms with E-state index in [4.69, 9.17) is 5.73 Å². The summed E-state index contributed by atoms with van der Waals surface area (Å²) in [4.78, 5) is 0. The molecule has 19 heavy (non-hydrogen) atoms. The number of nitriles is 1. The number of hydrogen-bond donors (Lipinski definition) is 2. The highest BCUT2D eigenvalue weighted by atomic mass is 15.4. The monoisotopic (exact) mass is 255 g/mol. The molecule has 1 heterocycles. The molecule has 0 fully saturated rings. The van der Waals surface area contributed by atoms with Crippen LogP contribution in [0, 0.1) is 18.3 Å². The first-order valence-electron chi connectivity index (χ1n) is 6.15. The van der Waals surface area contributed by atoms with Crippen molar-refractivity contribution in [2.75, 3.05) is 11.1 Å². The van der Waals surface area contributed by atoms with Crippen LogP contribution in [-0.4, -0.2) is 15.8 Å². The van der Waals surface area contributed by atoms with Gasteiger partial charge in [-0.2, -0.15) is 5.26 Å². The van der Waals surface area contributed by atoms with E-state index in [1.807, 2.05) is 45.0 Å². The topological polar surface area (TPSA) is 79.7 Å². The van der Waals surface area contributed by atoms with E-state index in [2.05, 4.69) is 16.5 Å². The van der Waals surface area contributed by atoms with Gasteiger partial charge in [0.15, 0.2) is 5.82 Å². The van der Waals surface area contributed by atoms with Crippen LogP contribution in [-0.2, 0) is 0 Å². The molecule has 0 aliphatic heterocycles. The summed E-state index contributed by atoms with van der Waals surface area (Å²) in [5, 5.41) is 16.8. The molecule has 3 N–H and O–H groups in total. The Morgan fingerprint density at radius 3 is 2.63 bits per heavy atom. The van der Waals surface area contributed by atoms with Crippen LogP contribution >= 0.6 is 0 Å². The van der Waals surface area contributed by atoms with Crippen LogP contribution < -0.4 is 11.1 Å². The summed E-state index contributed by atoms with van der Waals surface area (Å²) in [7, 11) is 0. The first-order chi connectivity index (χ1) is 9.04. The van der Waals surface area contributed by atoms with Gasteiger partial charge in [-0.1, -0.05) is 18.2 Å². The molecular formula is C14H17N5. The lowest BCUT2D eigenvalue weighted by Gasteiger charge is -2.07. The second-order valence-electron chi connectivity index (χ2n) is 4.72. The molecule has 2 rings (SSSR count). The fourth-order valence-corrected chi connectivity index (χ4v) is 1.90. The number of anilines is 2. The lowest BCUT2D eigenvalue weighted by Crippen LogP contribution is -2.11. The molecule has 1 aromatic carbocycles. The SMILES string of the molecule is Cc1ccccc1-n1nc(NC(C)C)c(C#N)c1N. The number of rotatable bonds is 3. The third kappa shape index (κ3) is 2.38. The molecule has 98 valence electrons. The summed E-state index contributed by atoms with van der Waals surface area (Å²) in [6, 6.07) is 10.1. The number of aryl methyl sites for hydroxylation is 1. The van der Waals surface area contributed by atoms with Gasteiger partial charge in [-0.3, -0.25) is 0 Å². The Morgan fingerprint density at radius 2 is 2.05 bits per heavy atom. The largest absolute Gasteiger partial charge is 0.382 e. The fraction of sp³-hybridized carbons (Fsp3) is 0.286. The van der Waals surface area contributed by atoms with Gasteiger partial charge in [0.2, 0.25) is 0 Å². The molecule has 5 heteroatoms. The predicted octanol–water partition coefficient (Wildman–Crippen LogP) is 2.45. The van der Waals surface area contributed by atoms with E-state index in [9.17, 15) is 5.26 Å². The van der Waals surface area contributed by atoms with Gasteiger partial charge < -0.3 is 11.1 Å². The second-order valence-corrected chi connectivity index (χ2v) is 4.72. The first kappa shape index (κ1) is 13.0. The van der Waals surface area contributed by atoms with Crippen LogP contribution in [0.15, 0.2) is 24.3 Å². The van der Waals surface area contributed by atoms with Gasteiger partial charge in [-0.25, -0.2) is 4.68 Å². The van der Waals surface area contributed by atoms with Crippen molar-refractivity contribution in [3.05, 3.63) is 35.4 Å². The molecule has 0 unspecified atom stereocenters. The minimum absolute atomic E-state index is 0.187. The van der Waals surface area contributed by atoms with Crippen molar-refractivity contribution in [3.63, 3.8) is 0 Å². The molecule has 0 radical (unpaired) electrons. The van der Waals surface area contributed by atoms with Crippen LogP contribution in [0.1, 0.15) is 25.0 Å². The van der Waals surface area contributed by atoms with Crippen molar-refractivity contribution in [1.82, 2.24) is 9.78 Å². The molecule has 0 atom stereocenters. The molecule has 0 saturated carbocycles. The summed E-state index contributed by atoms with van der Waals surface area (Å²) in [5.74, 6) is 0.887. The fourth-order valence-electron chi connectivity index (χ4n) is 1.90. The van der Waals surface area contributed by atoms with Gasteiger partial charge in [-0.15, -0.1) is 5.10 Å². The molecule has 2 aromatic rings. The molecule has 0 bridgehead atoms. The number of nitrogen functional groups attached to an aromatic ring is 1. The number of nitrogens with zero attached hydrogens (tertiary/aromatic N) is 3. The summed E-state index contributed by atoms with van der Waals surface area (Å²) in [6.45, 7) is 5.96. The van der Waals surface area contributed by atoms with Crippen LogP contribution in [0.25, 0.3) is 5.69 Å². The molecule has 0 spiro atoms. The zero-order valence-corrected chi connectivity index (χ0v) is 11.3. The zero-order valence-electron chi connectivity index (χ0n) is 11.3. The number of hydrogen-bond acceptors (Lipinski definition) is 4. The van der Waals surface area contributed by atoms with Crippen molar-refractivity contribution in [1.29, 1.82) is 5.26 Å². The van der Waals surface area contributed by atoms with Crippen LogP contribution in [0.2, 0.25) is 0 Å². The van der Waals surface area contributed by atoms with Crippen LogP contribution in [0.3, 0.4) is 0 Å². The van der Waals surface area contributed by atoms with Gasteiger partial charge in [0.05, 0.1) is 5.69 Å². The Bertz CT molecular complexity index is 634. The summed E-state index contributed by atoms with van der Waals surface area (Å²) in [6.07, 6.45) is 0. The van der Waals surface area contributed by atoms with Gasteiger partial charge in [0.25, 0.3) is 0 Å². The van der Waals surface area contributed by atoms with E-state index < -0.39 is 0 Å². The maximum Gasteiger partial charge on any atom is 0.168 e. The smallest absolute Gasteiger partial charge is 0.168 e. The van der Waals surface area contributed by atoms with Gasteiger partial charge >= 0.3 is 0 Å². The van der Waals surface area contributed by atoms with E-state index in [1.54, 1.807) is 4.68 Å². The average molecular weight is 255 g/mol. The quantitative estimate of drug-likeness (QED) is 0.882. The first-order valence-corrected chi connectivity index (χ1v) is 6.15. The van der Waals surface area contributed by atoms with E-state index in [-0.39, 0.29) is 6.04 Å². The standard InChI is InChI=1S/C14H17N5/c1-9(2)17-14-11(8-15)13(16)19(18-14)12-7-5-4-6-10(12)3/h4-7,9H,16H2,1-3H3,(H,17,18). The lowest BCUT2D eigenvalue weighted by atomic mass is 10.2. The molecular weight excluding hydrogens is 238 g/mol. The van der Waals surface area contributed by atoms with Crippen molar-refractivity contribution in [2.24, 2.45) is 0 Å². The van der Waals surface area contributed by atoms with Gasteiger partial charge in [-0.05, 0) is 32.4 Å². The summed E-state index contributed by atoms with van der Waals surface area (Å²) < 4.78 is 1.61. The number of nitrogens with one attached hydrogen (secondary N) is 1. The normalized spacial score (nSPS) is 10.5. The highest BCUT2D eigenvalue weighted by Crippen LogP contribution is 2.25. The molecule has 0 amide bonds. The van der Waals surface area contributed by atoms with Crippen molar-refractivity contribution in [3.8, 4) is 11.8 Å². The maximum absolute atomic E-state index is 9.22. The van der Waals surface area contributed by atoms with Crippen LogP contribution in [0.5, 0.6) is 0 Å². The highest BCUT2D eigenvalue weighted by Gasteiger charge is 2.17. The molecule has 5 nitrogen and oxygen atoms in total. The minimum atomic E-state index is 0.187. The second kappa shape index (κ2) is 5.02. The van der Waals surface area contributed by atoms with E-state index in [0.717, 1.165) is 11.3 Å². The number of nitrogens with two attached hydrogens (primary N) is 1. The molecule has 0 aliphatic rings. The Hall–Kier alpha value is -2.48. The van der Waals surface area contributed by atoms with Gasteiger partial charge in [0.1, 0.15) is 17.5 Å². The molecule has 0 saturated heterocycles. The van der Waals surface area contributed by atoms with E-state index in [0.29, 0.717) is 17.2 Å². The Kier molecular flexibility index (Phi) is 3.43. The summed E-state index contributed by atoms with van der Waals surface area (Å²) >= 11 is 0. The van der Waals surface area contributed by atoms with Gasteiger partial charge in [0, 0.05) is 6.04 Å². The average Bonchev–Trinajstić information content (AvgIpc) is 2.65. The predicted molar refractivity (Wildman–Crippen MR) is 76.2 cm³/mol. The zero-order chi connectivity index (χ0) is 14.0. The van der Waals surface area contributed by atoms with E-state index >= 15 is 0 Å². The van der Waals surface area contributed by atoms with Crippen molar-refractivity contribution >= 4 is 11.6 Å². The number of para-hydroxylation sites is 1. The Balaban J connectivity index is 2.57. The van der Waals surface area contributed by atoms with Crippen molar-refractivity contribution in [2.45, 2.75) is 26.8 Å².